The van der Waals surface area contributed by atoms with E-state index in [1.165, 1.54) is 5.56 Å². The van der Waals surface area contributed by atoms with Crippen molar-refractivity contribution in [2.45, 2.75) is 19.4 Å². The van der Waals surface area contributed by atoms with Crippen molar-refractivity contribution < 1.29 is 13.6 Å². The van der Waals surface area contributed by atoms with Crippen LogP contribution in [0.15, 0.2) is 22.9 Å². The van der Waals surface area contributed by atoms with Gasteiger partial charge in [0.05, 0.1) is 0 Å². The minimum Gasteiger partial charge on any atom is -0.336 e. The molecule has 0 radical (unpaired) electrons. The van der Waals surface area contributed by atoms with Crippen LogP contribution < -0.4 is 0 Å². The first kappa shape index (κ1) is 16.1. The fourth-order valence-electron chi connectivity index (χ4n) is 2.69. The maximum atomic E-state index is 12.6. The maximum absolute atomic E-state index is 12.6. The van der Waals surface area contributed by atoms with Gasteiger partial charge in [0.25, 0.3) is 12.3 Å². The van der Waals surface area contributed by atoms with Crippen LogP contribution in [0.4, 0.5) is 8.78 Å². The van der Waals surface area contributed by atoms with Crippen molar-refractivity contribution in [3.8, 4) is 0 Å². The molecule has 0 spiro atoms. The summed E-state index contributed by atoms with van der Waals surface area (Å²) in [6.45, 7) is 3.77. The molecule has 2 aromatic rings. The summed E-state index contributed by atoms with van der Waals surface area (Å²) in [5.74, 6) is -0.287. The molecule has 5 nitrogen and oxygen atoms in total. The highest BCUT2D eigenvalue weighted by atomic mass is 32.1. The zero-order chi connectivity index (χ0) is 16.2. The maximum Gasteiger partial charge on any atom is 0.279 e. The molecular weight excluding hydrogens is 322 g/mol. The van der Waals surface area contributed by atoms with Crippen LogP contribution in [-0.4, -0.2) is 52.1 Å². The van der Waals surface area contributed by atoms with Crippen LogP contribution >= 0.6 is 11.3 Å². The third-order valence-corrected chi connectivity index (χ3v) is 4.65. The average Bonchev–Trinajstić information content (AvgIpc) is 3.16. The van der Waals surface area contributed by atoms with Crippen LogP contribution in [0.1, 0.15) is 34.6 Å². The Balaban J connectivity index is 1.59. The fourth-order valence-corrected chi connectivity index (χ4v) is 3.35. The van der Waals surface area contributed by atoms with Gasteiger partial charge >= 0.3 is 0 Å². The van der Waals surface area contributed by atoms with Gasteiger partial charge in [-0.1, -0.05) is 0 Å². The van der Waals surface area contributed by atoms with Crippen molar-refractivity contribution in [3.63, 3.8) is 0 Å². The minimum absolute atomic E-state index is 0.0617. The van der Waals surface area contributed by atoms with E-state index >= 15 is 0 Å². The number of aromatic amines is 1. The summed E-state index contributed by atoms with van der Waals surface area (Å²) in [6.07, 6.45) is -1.78. The standard InChI is InChI=1S/C15H18F2N4OS/c16-14(17)12-8-13(19-18-12)15(22)21-4-1-3-20(5-6-21)9-11-2-7-23-10-11/h2,7-8,10,14H,1,3-6,9H2,(H,18,19). The average molecular weight is 340 g/mol. The van der Waals surface area contributed by atoms with E-state index in [4.69, 9.17) is 0 Å². The molecule has 3 rings (SSSR count). The molecule has 0 atom stereocenters. The van der Waals surface area contributed by atoms with Gasteiger partial charge < -0.3 is 4.90 Å². The van der Waals surface area contributed by atoms with E-state index in [1.54, 1.807) is 16.2 Å². The molecule has 1 aliphatic heterocycles. The molecule has 8 heteroatoms. The number of rotatable bonds is 4. The minimum atomic E-state index is -2.64. The van der Waals surface area contributed by atoms with E-state index in [-0.39, 0.29) is 17.3 Å². The summed E-state index contributed by atoms with van der Waals surface area (Å²) in [4.78, 5) is 16.4. The molecule has 124 valence electrons. The lowest BCUT2D eigenvalue weighted by Gasteiger charge is -2.21. The summed E-state index contributed by atoms with van der Waals surface area (Å²) in [6, 6.07) is 3.25. The Bertz CT molecular complexity index is 644. The number of thiophene rings is 1. The summed E-state index contributed by atoms with van der Waals surface area (Å²) in [5.41, 5.74) is 1.03. The van der Waals surface area contributed by atoms with Crippen molar-refractivity contribution in [1.82, 2.24) is 20.0 Å². The molecule has 0 saturated carbocycles. The lowest BCUT2D eigenvalue weighted by atomic mass is 10.3. The summed E-state index contributed by atoms with van der Waals surface area (Å²) in [7, 11) is 0. The predicted octanol–water partition coefficient (Wildman–Crippen LogP) is 2.76. The summed E-state index contributed by atoms with van der Waals surface area (Å²) in [5, 5.41) is 10.1. The van der Waals surface area contributed by atoms with Crippen molar-refractivity contribution in [1.29, 1.82) is 0 Å². The molecule has 1 saturated heterocycles. The monoisotopic (exact) mass is 340 g/mol. The topological polar surface area (TPSA) is 52.2 Å². The Morgan fingerprint density at radius 2 is 2.22 bits per heavy atom. The Labute approximate surface area is 136 Å². The van der Waals surface area contributed by atoms with E-state index in [0.29, 0.717) is 13.1 Å². The second-order valence-corrected chi connectivity index (χ2v) is 6.34. The first-order valence-corrected chi connectivity index (χ1v) is 8.44. The third kappa shape index (κ3) is 3.94. The zero-order valence-corrected chi connectivity index (χ0v) is 13.4. The van der Waals surface area contributed by atoms with Crippen LogP contribution in [0, 0.1) is 0 Å². The second kappa shape index (κ2) is 7.18. The number of hydrogen-bond acceptors (Lipinski definition) is 4. The van der Waals surface area contributed by atoms with Gasteiger partial charge in [-0.3, -0.25) is 14.8 Å². The van der Waals surface area contributed by atoms with Crippen molar-refractivity contribution in [3.05, 3.63) is 39.8 Å². The molecule has 0 aromatic carbocycles. The second-order valence-electron chi connectivity index (χ2n) is 5.56. The van der Waals surface area contributed by atoms with Gasteiger partial charge in [-0.25, -0.2) is 8.78 Å². The summed E-state index contributed by atoms with van der Waals surface area (Å²) >= 11 is 1.68. The normalized spacial score (nSPS) is 16.7. The molecule has 1 aliphatic rings. The van der Waals surface area contributed by atoms with Crippen LogP contribution in [0.25, 0.3) is 0 Å². The number of carbonyl (C=O) groups excluding carboxylic acids is 1. The van der Waals surface area contributed by atoms with Crippen molar-refractivity contribution in [2.24, 2.45) is 0 Å². The first-order chi connectivity index (χ1) is 11.1. The largest absolute Gasteiger partial charge is 0.336 e. The highest BCUT2D eigenvalue weighted by molar-refractivity contribution is 7.07. The van der Waals surface area contributed by atoms with E-state index in [2.05, 4.69) is 31.9 Å². The van der Waals surface area contributed by atoms with Crippen LogP contribution in [0.5, 0.6) is 0 Å². The molecule has 2 aromatic heterocycles. The number of hydrogen-bond donors (Lipinski definition) is 1. The molecule has 1 N–H and O–H groups in total. The van der Waals surface area contributed by atoms with Crippen molar-refractivity contribution >= 4 is 17.2 Å². The van der Waals surface area contributed by atoms with Gasteiger partial charge in [0.15, 0.2) is 5.69 Å². The lowest BCUT2D eigenvalue weighted by Crippen LogP contribution is -2.35. The lowest BCUT2D eigenvalue weighted by molar-refractivity contribution is 0.0755. The number of nitrogens with zero attached hydrogens (tertiary/aromatic N) is 3. The van der Waals surface area contributed by atoms with Gasteiger partial charge in [-0.05, 0) is 34.9 Å². The molecule has 3 heterocycles. The Hall–Kier alpha value is -1.80. The number of amides is 1. The highest BCUT2D eigenvalue weighted by Gasteiger charge is 2.23. The fraction of sp³-hybridized carbons (Fsp3) is 0.467. The van der Waals surface area contributed by atoms with Gasteiger partial charge in [0, 0.05) is 32.7 Å². The first-order valence-electron chi connectivity index (χ1n) is 7.49. The van der Waals surface area contributed by atoms with E-state index in [9.17, 15) is 13.6 Å². The molecule has 0 unspecified atom stereocenters. The van der Waals surface area contributed by atoms with Gasteiger partial charge in [-0.2, -0.15) is 16.4 Å². The van der Waals surface area contributed by atoms with E-state index in [1.807, 2.05) is 0 Å². The number of alkyl halides is 2. The molecule has 23 heavy (non-hydrogen) atoms. The van der Waals surface area contributed by atoms with Gasteiger partial charge in [0.2, 0.25) is 0 Å². The Kier molecular flexibility index (Phi) is 5.02. The quantitative estimate of drug-likeness (QED) is 0.931. The molecular formula is C15H18F2N4OS. The van der Waals surface area contributed by atoms with Gasteiger partial charge in [0.1, 0.15) is 5.69 Å². The number of carbonyl (C=O) groups is 1. The molecule has 0 aliphatic carbocycles. The SMILES string of the molecule is O=C(c1cc(C(F)F)[nH]n1)N1CCCN(Cc2ccsc2)CC1. The van der Waals surface area contributed by atoms with Gasteiger partial charge in [-0.15, -0.1) is 0 Å². The number of nitrogens with one attached hydrogen (secondary N) is 1. The smallest absolute Gasteiger partial charge is 0.279 e. The van der Waals surface area contributed by atoms with E-state index < -0.39 is 6.43 Å². The predicted molar refractivity (Wildman–Crippen MR) is 83.7 cm³/mol. The molecule has 1 fully saturated rings. The van der Waals surface area contributed by atoms with Crippen LogP contribution in [0.2, 0.25) is 0 Å². The van der Waals surface area contributed by atoms with Crippen LogP contribution in [-0.2, 0) is 6.54 Å². The molecule has 1 amide bonds. The van der Waals surface area contributed by atoms with E-state index in [0.717, 1.165) is 32.1 Å². The number of aromatic nitrogens is 2. The van der Waals surface area contributed by atoms with Crippen LogP contribution in [0.3, 0.4) is 0 Å². The Morgan fingerprint density at radius 1 is 1.35 bits per heavy atom. The molecule has 0 bridgehead atoms. The van der Waals surface area contributed by atoms with Crippen molar-refractivity contribution in [2.75, 3.05) is 26.2 Å². The Morgan fingerprint density at radius 3 is 2.91 bits per heavy atom. The third-order valence-electron chi connectivity index (χ3n) is 3.91. The summed E-state index contributed by atoms with van der Waals surface area (Å²) < 4.78 is 25.2. The number of H-pyrrole nitrogens is 1. The number of halogens is 2. The zero-order valence-electron chi connectivity index (χ0n) is 12.5. The highest BCUT2D eigenvalue weighted by Crippen LogP contribution is 2.18.